The van der Waals surface area contributed by atoms with E-state index < -0.39 is 5.91 Å². The van der Waals surface area contributed by atoms with Crippen molar-refractivity contribution in [2.24, 2.45) is 17.1 Å². The Balaban J connectivity index is 1.62. The topological polar surface area (TPSA) is 73.6 Å². The first-order valence-corrected chi connectivity index (χ1v) is 7.38. The molecule has 21 heavy (non-hydrogen) atoms. The number of hydrogen-bond donors (Lipinski definition) is 2. The molecular weight excluding hydrogens is 268 g/mol. The lowest BCUT2D eigenvalue weighted by Gasteiger charge is -2.55. The van der Waals surface area contributed by atoms with E-state index in [1.807, 2.05) is 24.3 Å². The third-order valence-corrected chi connectivity index (χ3v) is 4.66. The van der Waals surface area contributed by atoms with E-state index >= 15 is 0 Å². The van der Waals surface area contributed by atoms with Gasteiger partial charge in [-0.25, -0.2) is 0 Å². The number of amides is 1. The molecule has 0 bridgehead atoms. The first kappa shape index (κ1) is 14.2. The number of nitrogens with two attached hydrogens (primary N) is 1. The molecule has 1 aliphatic heterocycles. The second kappa shape index (κ2) is 5.22. The first-order valence-electron chi connectivity index (χ1n) is 7.38. The van der Waals surface area contributed by atoms with Crippen molar-refractivity contribution < 1.29 is 14.3 Å². The second-order valence-corrected chi connectivity index (χ2v) is 6.47. The molecule has 2 fully saturated rings. The fraction of sp³-hybridized carbons (Fsp3) is 0.562. The highest BCUT2D eigenvalue weighted by molar-refractivity contribution is 5.75. The van der Waals surface area contributed by atoms with Gasteiger partial charge in [0.15, 0.2) is 6.61 Å². The van der Waals surface area contributed by atoms with Crippen LogP contribution in [0.25, 0.3) is 0 Å². The lowest BCUT2D eigenvalue weighted by Crippen LogP contribution is -2.63. The summed E-state index contributed by atoms with van der Waals surface area (Å²) in [7, 11) is 0. The molecule has 1 aromatic carbocycles. The molecule has 3 rings (SSSR count). The molecule has 5 nitrogen and oxygen atoms in total. The Morgan fingerprint density at radius 1 is 1.43 bits per heavy atom. The third-order valence-electron chi connectivity index (χ3n) is 4.66. The molecule has 1 amide bonds. The predicted molar refractivity (Wildman–Crippen MR) is 80.2 cm³/mol. The van der Waals surface area contributed by atoms with Gasteiger partial charge in [-0.3, -0.25) is 4.79 Å². The Bertz CT molecular complexity index is 527. The van der Waals surface area contributed by atoms with Crippen LogP contribution >= 0.6 is 0 Å². The molecule has 1 saturated carbocycles. The third kappa shape index (κ3) is 2.58. The van der Waals surface area contributed by atoms with Gasteiger partial charge in [0.25, 0.3) is 5.91 Å². The number of carbonyl (C=O) groups excluding carboxylic acids is 1. The van der Waals surface area contributed by atoms with E-state index in [0.717, 1.165) is 18.7 Å². The van der Waals surface area contributed by atoms with Crippen molar-refractivity contribution in [3.63, 3.8) is 0 Å². The SMILES string of the molecule is CC1(C)C(Nc2ccc(OCC(N)=O)cc2)C2CCOC21. The van der Waals surface area contributed by atoms with Crippen molar-refractivity contribution in [3.8, 4) is 5.75 Å². The molecule has 3 atom stereocenters. The quantitative estimate of drug-likeness (QED) is 0.867. The fourth-order valence-electron chi connectivity index (χ4n) is 3.60. The second-order valence-electron chi connectivity index (χ2n) is 6.47. The monoisotopic (exact) mass is 290 g/mol. The highest BCUT2D eigenvalue weighted by Crippen LogP contribution is 2.53. The van der Waals surface area contributed by atoms with Crippen LogP contribution in [0.2, 0.25) is 0 Å². The molecule has 1 heterocycles. The van der Waals surface area contributed by atoms with Gasteiger partial charge >= 0.3 is 0 Å². The van der Waals surface area contributed by atoms with Crippen LogP contribution in [-0.4, -0.2) is 31.3 Å². The van der Waals surface area contributed by atoms with E-state index in [-0.39, 0.29) is 12.0 Å². The first-order chi connectivity index (χ1) is 9.98. The number of rotatable bonds is 5. The van der Waals surface area contributed by atoms with Gasteiger partial charge in [0, 0.05) is 29.7 Å². The van der Waals surface area contributed by atoms with Crippen LogP contribution in [0.4, 0.5) is 5.69 Å². The number of benzene rings is 1. The average molecular weight is 290 g/mol. The van der Waals surface area contributed by atoms with E-state index in [4.69, 9.17) is 15.2 Å². The van der Waals surface area contributed by atoms with E-state index in [2.05, 4.69) is 19.2 Å². The van der Waals surface area contributed by atoms with Crippen molar-refractivity contribution in [2.75, 3.05) is 18.5 Å². The van der Waals surface area contributed by atoms with Gasteiger partial charge in [0.2, 0.25) is 0 Å². The molecule has 1 aromatic rings. The molecule has 3 N–H and O–H groups in total. The highest BCUT2D eigenvalue weighted by Gasteiger charge is 2.59. The minimum absolute atomic E-state index is 0.0937. The highest BCUT2D eigenvalue weighted by atomic mass is 16.5. The maximum atomic E-state index is 10.7. The van der Waals surface area contributed by atoms with Crippen molar-refractivity contribution in [3.05, 3.63) is 24.3 Å². The van der Waals surface area contributed by atoms with E-state index in [1.165, 1.54) is 0 Å². The van der Waals surface area contributed by atoms with Crippen LogP contribution in [0.1, 0.15) is 20.3 Å². The predicted octanol–water partition coefficient (Wildman–Crippen LogP) is 1.78. The van der Waals surface area contributed by atoms with Gasteiger partial charge in [-0.1, -0.05) is 13.8 Å². The summed E-state index contributed by atoms with van der Waals surface area (Å²) in [6, 6.07) is 8.06. The number of primary amides is 1. The van der Waals surface area contributed by atoms with Crippen LogP contribution in [0, 0.1) is 11.3 Å². The summed E-state index contributed by atoms with van der Waals surface area (Å²) in [6.07, 6.45) is 1.51. The van der Waals surface area contributed by atoms with Gasteiger partial charge in [0.1, 0.15) is 5.75 Å². The Labute approximate surface area is 124 Å². The largest absolute Gasteiger partial charge is 0.484 e. The summed E-state index contributed by atoms with van der Waals surface area (Å²) < 4.78 is 11.1. The molecule has 2 aliphatic rings. The van der Waals surface area contributed by atoms with Gasteiger partial charge in [-0.15, -0.1) is 0 Å². The summed E-state index contributed by atoms with van der Waals surface area (Å²) in [5, 5.41) is 3.60. The molecule has 0 spiro atoms. The fourth-order valence-corrected chi connectivity index (χ4v) is 3.60. The molecule has 0 aromatic heterocycles. The normalized spacial score (nSPS) is 29.3. The number of nitrogens with one attached hydrogen (secondary N) is 1. The minimum Gasteiger partial charge on any atom is -0.484 e. The molecule has 3 unspecified atom stereocenters. The lowest BCUT2D eigenvalue weighted by molar-refractivity contribution is -0.119. The smallest absolute Gasteiger partial charge is 0.255 e. The van der Waals surface area contributed by atoms with Gasteiger partial charge < -0.3 is 20.5 Å². The zero-order chi connectivity index (χ0) is 15.0. The van der Waals surface area contributed by atoms with Crippen LogP contribution in [0.5, 0.6) is 5.75 Å². The van der Waals surface area contributed by atoms with E-state index in [0.29, 0.717) is 23.8 Å². The lowest BCUT2D eigenvalue weighted by atomic mass is 9.57. The van der Waals surface area contributed by atoms with Gasteiger partial charge in [-0.05, 0) is 30.7 Å². The van der Waals surface area contributed by atoms with Crippen molar-refractivity contribution in [2.45, 2.75) is 32.4 Å². The Morgan fingerprint density at radius 3 is 2.81 bits per heavy atom. The van der Waals surface area contributed by atoms with Crippen molar-refractivity contribution in [1.29, 1.82) is 0 Å². The average Bonchev–Trinajstić information content (AvgIpc) is 2.90. The maximum Gasteiger partial charge on any atom is 0.255 e. The summed E-state index contributed by atoms with van der Waals surface area (Å²) >= 11 is 0. The van der Waals surface area contributed by atoms with Crippen LogP contribution < -0.4 is 15.8 Å². The number of fused-ring (bicyclic) bond motifs is 1. The molecular formula is C16H22N2O3. The van der Waals surface area contributed by atoms with Gasteiger partial charge in [0.05, 0.1) is 6.10 Å². The Kier molecular flexibility index (Phi) is 3.53. The van der Waals surface area contributed by atoms with E-state index in [1.54, 1.807) is 0 Å². The zero-order valence-corrected chi connectivity index (χ0v) is 12.5. The molecule has 114 valence electrons. The summed E-state index contributed by atoms with van der Waals surface area (Å²) in [5.41, 5.74) is 6.27. The zero-order valence-electron chi connectivity index (χ0n) is 12.5. The Hall–Kier alpha value is -1.75. The van der Waals surface area contributed by atoms with Crippen LogP contribution in [0.15, 0.2) is 24.3 Å². The van der Waals surface area contributed by atoms with Gasteiger partial charge in [-0.2, -0.15) is 0 Å². The molecule has 5 heteroatoms. The molecule has 1 aliphatic carbocycles. The number of hydrogen-bond acceptors (Lipinski definition) is 4. The number of ether oxygens (including phenoxy) is 2. The van der Waals surface area contributed by atoms with Crippen molar-refractivity contribution >= 4 is 11.6 Å². The van der Waals surface area contributed by atoms with E-state index in [9.17, 15) is 4.79 Å². The summed E-state index contributed by atoms with van der Waals surface area (Å²) in [5.74, 6) is 0.778. The summed E-state index contributed by atoms with van der Waals surface area (Å²) in [4.78, 5) is 10.7. The number of carbonyl (C=O) groups is 1. The minimum atomic E-state index is -0.472. The molecule has 0 radical (unpaired) electrons. The number of anilines is 1. The van der Waals surface area contributed by atoms with Crippen molar-refractivity contribution in [1.82, 2.24) is 0 Å². The standard InChI is InChI=1S/C16H22N2O3/c1-16(2)14(12-7-8-20-15(12)16)18-10-3-5-11(6-4-10)21-9-13(17)19/h3-6,12,14-15,18H,7-9H2,1-2H3,(H2,17,19). The van der Waals surface area contributed by atoms with Crippen LogP contribution in [0.3, 0.4) is 0 Å². The maximum absolute atomic E-state index is 10.7. The Morgan fingerprint density at radius 2 is 2.14 bits per heavy atom. The summed E-state index contributed by atoms with van der Waals surface area (Å²) in [6.45, 7) is 5.28. The molecule has 1 saturated heterocycles. The van der Waals surface area contributed by atoms with Crippen LogP contribution in [-0.2, 0) is 9.53 Å².